The molecule has 1 aliphatic rings. The van der Waals surface area contributed by atoms with Crippen molar-refractivity contribution in [3.05, 3.63) is 23.0 Å². The maximum absolute atomic E-state index is 12.4. The van der Waals surface area contributed by atoms with E-state index in [1.807, 2.05) is 26.8 Å². The molecule has 31 heavy (non-hydrogen) atoms. The second kappa shape index (κ2) is 13.0. The van der Waals surface area contributed by atoms with E-state index in [1.54, 1.807) is 20.1 Å². The van der Waals surface area contributed by atoms with E-state index in [0.717, 1.165) is 13.1 Å². The topological polar surface area (TPSA) is 133 Å². The van der Waals surface area contributed by atoms with Gasteiger partial charge in [-0.05, 0) is 46.1 Å². The van der Waals surface area contributed by atoms with Crippen molar-refractivity contribution in [3.8, 4) is 0 Å². The van der Waals surface area contributed by atoms with Crippen LogP contribution in [0.4, 0.5) is 0 Å². The predicted molar refractivity (Wildman–Crippen MR) is 124 cm³/mol. The van der Waals surface area contributed by atoms with Gasteiger partial charge in [-0.15, -0.1) is 0 Å². The Bertz CT molecular complexity index is 734. The maximum Gasteiger partial charge on any atom is 0.271 e. The number of ether oxygens (including phenoxy) is 1. The molecule has 0 bridgehead atoms. The number of rotatable bonds is 11. The van der Waals surface area contributed by atoms with Gasteiger partial charge in [0, 0.05) is 31.6 Å². The van der Waals surface area contributed by atoms with Crippen molar-refractivity contribution >= 4 is 23.7 Å². The van der Waals surface area contributed by atoms with Crippen molar-refractivity contribution in [2.45, 2.75) is 53.0 Å². The van der Waals surface area contributed by atoms with E-state index in [9.17, 15) is 9.59 Å². The van der Waals surface area contributed by atoms with E-state index in [-0.39, 0.29) is 17.3 Å². The van der Waals surface area contributed by atoms with Gasteiger partial charge in [0.2, 0.25) is 5.91 Å². The third kappa shape index (κ3) is 10.4. The van der Waals surface area contributed by atoms with Crippen LogP contribution >= 0.6 is 0 Å². The normalized spacial score (nSPS) is 16.7. The Morgan fingerprint density at radius 1 is 1.26 bits per heavy atom. The van der Waals surface area contributed by atoms with Crippen molar-refractivity contribution in [2.24, 2.45) is 10.7 Å². The highest BCUT2D eigenvalue weighted by Crippen LogP contribution is 2.13. The maximum atomic E-state index is 12.4. The molecule has 0 aromatic rings. The smallest absolute Gasteiger partial charge is 0.271 e. The summed E-state index contributed by atoms with van der Waals surface area (Å²) >= 11 is 0. The number of nitrogens with one attached hydrogen (secondary N) is 3. The second-order valence-corrected chi connectivity index (χ2v) is 8.24. The molecule has 0 radical (unpaired) electrons. The zero-order valence-corrected chi connectivity index (χ0v) is 19.5. The number of aliphatic imine (C=N–C) groups is 1. The molecule has 1 fully saturated rings. The van der Waals surface area contributed by atoms with Gasteiger partial charge in [-0.1, -0.05) is 13.0 Å². The Labute approximate surface area is 185 Å². The average Bonchev–Trinajstić information content (AvgIpc) is 2.71. The van der Waals surface area contributed by atoms with Crippen molar-refractivity contribution in [1.29, 1.82) is 5.41 Å². The van der Waals surface area contributed by atoms with Gasteiger partial charge < -0.3 is 26.5 Å². The number of nitrogens with two attached hydrogens (primary N) is 1. The number of morpholine rings is 1. The SMILES string of the molecule is CC/C=C(\C=N/C(C)(C)CCNC(=O)CN1CCOCC1)NC(=O)/C(N)=C(\C)C(C)=N. The number of carbonyl (C=O) groups excluding carboxylic acids is 2. The van der Waals surface area contributed by atoms with Crippen LogP contribution in [0.5, 0.6) is 0 Å². The fourth-order valence-corrected chi connectivity index (χ4v) is 2.76. The van der Waals surface area contributed by atoms with Gasteiger partial charge in [0.05, 0.1) is 31.0 Å². The third-order valence-corrected chi connectivity index (χ3v) is 4.98. The molecule has 0 unspecified atom stereocenters. The van der Waals surface area contributed by atoms with Gasteiger partial charge in [-0.25, -0.2) is 0 Å². The first-order valence-electron chi connectivity index (χ1n) is 10.7. The van der Waals surface area contributed by atoms with Gasteiger partial charge >= 0.3 is 0 Å². The average molecular weight is 435 g/mol. The monoisotopic (exact) mass is 434 g/mol. The summed E-state index contributed by atoms with van der Waals surface area (Å²) in [5.74, 6) is -0.455. The fraction of sp³-hybridized carbons (Fsp3) is 0.636. The highest BCUT2D eigenvalue weighted by atomic mass is 16.5. The molecule has 0 saturated carbocycles. The van der Waals surface area contributed by atoms with Gasteiger partial charge in [0.15, 0.2) is 0 Å². The summed E-state index contributed by atoms with van der Waals surface area (Å²) in [6.45, 7) is 12.9. The minimum absolute atomic E-state index is 0.000338. The lowest BCUT2D eigenvalue weighted by Gasteiger charge is -2.26. The molecule has 0 atom stereocenters. The molecule has 5 N–H and O–H groups in total. The largest absolute Gasteiger partial charge is 0.394 e. The van der Waals surface area contributed by atoms with E-state index < -0.39 is 11.4 Å². The Hall–Kier alpha value is -2.52. The molecule has 0 aliphatic carbocycles. The summed E-state index contributed by atoms with van der Waals surface area (Å²) < 4.78 is 5.29. The highest BCUT2D eigenvalue weighted by molar-refractivity contribution is 6.06. The summed E-state index contributed by atoms with van der Waals surface area (Å²) in [4.78, 5) is 31.1. The van der Waals surface area contributed by atoms with Crippen LogP contribution in [0.1, 0.15) is 47.5 Å². The molecular weight excluding hydrogens is 396 g/mol. The molecule has 1 saturated heterocycles. The van der Waals surface area contributed by atoms with Crippen molar-refractivity contribution < 1.29 is 14.3 Å². The van der Waals surface area contributed by atoms with Gasteiger partial charge in [-0.3, -0.25) is 19.5 Å². The summed E-state index contributed by atoms with van der Waals surface area (Å²) in [5, 5.41) is 13.3. The van der Waals surface area contributed by atoms with Gasteiger partial charge in [0.25, 0.3) is 5.91 Å². The minimum atomic E-state index is -0.455. The summed E-state index contributed by atoms with van der Waals surface area (Å²) in [6.07, 6.45) is 4.84. The molecule has 0 aromatic heterocycles. The van der Waals surface area contributed by atoms with Gasteiger partial charge in [0.1, 0.15) is 5.70 Å². The highest BCUT2D eigenvalue weighted by Gasteiger charge is 2.18. The van der Waals surface area contributed by atoms with Crippen LogP contribution in [0.15, 0.2) is 28.0 Å². The molecule has 174 valence electrons. The number of allylic oxidation sites excluding steroid dienone is 3. The molecular formula is C22H38N6O3. The Morgan fingerprint density at radius 3 is 2.48 bits per heavy atom. The second-order valence-electron chi connectivity index (χ2n) is 8.24. The first-order valence-corrected chi connectivity index (χ1v) is 10.7. The molecule has 9 heteroatoms. The van der Waals surface area contributed by atoms with Crippen LogP contribution in [0.3, 0.4) is 0 Å². The van der Waals surface area contributed by atoms with Crippen LogP contribution in [0.2, 0.25) is 0 Å². The van der Waals surface area contributed by atoms with Crippen LogP contribution in [-0.2, 0) is 14.3 Å². The minimum Gasteiger partial charge on any atom is -0.394 e. The van der Waals surface area contributed by atoms with Gasteiger partial charge in [-0.2, -0.15) is 0 Å². The Balaban J connectivity index is 2.58. The summed E-state index contributed by atoms with van der Waals surface area (Å²) in [5.41, 5.74) is 6.69. The summed E-state index contributed by atoms with van der Waals surface area (Å²) in [6, 6.07) is 0. The number of hydrogen-bond donors (Lipinski definition) is 4. The first kappa shape index (κ1) is 26.5. The van der Waals surface area contributed by atoms with Crippen LogP contribution in [0.25, 0.3) is 0 Å². The van der Waals surface area contributed by atoms with E-state index in [2.05, 4.69) is 20.5 Å². The Kier molecular flexibility index (Phi) is 11.1. The number of hydrogen-bond acceptors (Lipinski definition) is 7. The zero-order valence-electron chi connectivity index (χ0n) is 19.5. The first-order chi connectivity index (χ1) is 14.6. The zero-order chi connectivity index (χ0) is 23.4. The fourth-order valence-electron chi connectivity index (χ4n) is 2.76. The standard InChI is InChI=1S/C22H38N6O3/c1-6-7-18(27-21(30)20(24)16(2)17(3)23)14-26-22(4,5)8-9-25-19(29)15-28-10-12-31-13-11-28/h7,14,23H,6,8-13,15,24H2,1-5H3,(H,25,29)(H,27,30)/b18-7+,20-16-,23-17?,26-14-. The van der Waals surface area contributed by atoms with E-state index in [0.29, 0.717) is 50.4 Å². The lowest BCUT2D eigenvalue weighted by Crippen LogP contribution is -2.43. The third-order valence-electron chi connectivity index (χ3n) is 4.98. The molecule has 1 heterocycles. The molecule has 0 aromatic carbocycles. The number of amides is 2. The lowest BCUT2D eigenvalue weighted by atomic mass is 10.0. The number of nitrogens with zero attached hydrogens (tertiary/aromatic N) is 2. The van der Waals surface area contributed by atoms with Crippen LogP contribution < -0.4 is 16.4 Å². The van der Waals surface area contributed by atoms with E-state index in [1.165, 1.54) is 0 Å². The van der Waals surface area contributed by atoms with E-state index in [4.69, 9.17) is 15.9 Å². The Morgan fingerprint density at radius 2 is 1.90 bits per heavy atom. The molecule has 2 amide bonds. The van der Waals surface area contributed by atoms with E-state index >= 15 is 0 Å². The van der Waals surface area contributed by atoms with Crippen molar-refractivity contribution in [2.75, 3.05) is 39.4 Å². The van der Waals surface area contributed by atoms with Crippen molar-refractivity contribution in [1.82, 2.24) is 15.5 Å². The molecule has 1 aliphatic heterocycles. The summed E-state index contributed by atoms with van der Waals surface area (Å²) in [7, 11) is 0. The predicted octanol–water partition coefficient (Wildman–Crippen LogP) is 1.36. The number of carbonyl (C=O) groups is 2. The van der Waals surface area contributed by atoms with Crippen molar-refractivity contribution in [3.63, 3.8) is 0 Å². The lowest BCUT2D eigenvalue weighted by molar-refractivity contribution is -0.123. The molecule has 9 nitrogen and oxygen atoms in total. The van der Waals surface area contributed by atoms with Crippen LogP contribution in [0, 0.1) is 5.41 Å². The van der Waals surface area contributed by atoms with Crippen LogP contribution in [-0.4, -0.2) is 73.6 Å². The molecule has 0 spiro atoms. The molecule has 1 rings (SSSR count). The quantitative estimate of drug-likeness (QED) is 0.288.